The van der Waals surface area contributed by atoms with E-state index in [1.807, 2.05) is 0 Å². The zero-order chi connectivity index (χ0) is 14.7. The van der Waals surface area contributed by atoms with E-state index >= 15 is 0 Å². The van der Waals surface area contributed by atoms with Crippen LogP contribution in [-0.4, -0.2) is 38.8 Å². The molecule has 21 heavy (non-hydrogen) atoms. The van der Waals surface area contributed by atoms with Crippen LogP contribution in [0.3, 0.4) is 0 Å². The molecule has 116 valence electrons. The second-order valence-electron chi connectivity index (χ2n) is 6.87. The molecule has 0 amide bonds. The molecule has 3 rings (SSSR count). The molecular weight excluding hydrogens is 258 g/mol. The van der Waals surface area contributed by atoms with E-state index < -0.39 is 0 Å². The molecule has 0 aromatic heterocycles. The van der Waals surface area contributed by atoms with Gasteiger partial charge in [-0.1, -0.05) is 13.8 Å². The number of benzene rings is 1. The fourth-order valence-electron chi connectivity index (χ4n) is 3.49. The van der Waals surface area contributed by atoms with Crippen molar-refractivity contribution < 1.29 is 0 Å². The number of anilines is 2. The number of hydrogen-bond donors (Lipinski definition) is 1. The maximum atomic E-state index is 3.57. The molecule has 2 aliphatic rings. The van der Waals surface area contributed by atoms with Gasteiger partial charge in [-0.25, -0.2) is 0 Å². The Morgan fingerprint density at radius 1 is 1.00 bits per heavy atom. The zero-order valence-corrected chi connectivity index (χ0v) is 13.5. The lowest BCUT2D eigenvalue weighted by atomic mass is 10.1. The Labute approximate surface area is 129 Å². The van der Waals surface area contributed by atoms with E-state index in [-0.39, 0.29) is 0 Å². The van der Waals surface area contributed by atoms with Crippen molar-refractivity contribution in [2.24, 2.45) is 5.92 Å². The third-order valence-corrected chi connectivity index (χ3v) is 4.79. The summed E-state index contributed by atoms with van der Waals surface area (Å²) >= 11 is 0. The summed E-state index contributed by atoms with van der Waals surface area (Å²) in [5.74, 6) is 0.797. The van der Waals surface area contributed by atoms with Crippen molar-refractivity contribution in [3.8, 4) is 0 Å². The van der Waals surface area contributed by atoms with Gasteiger partial charge in [-0.05, 0) is 56.0 Å². The second-order valence-corrected chi connectivity index (χ2v) is 6.87. The molecule has 3 nitrogen and oxygen atoms in total. The maximum absolute atomic E-state index is 3.57. The molecule has 1 N–H and O–H groups in total. The predicted molar refractivity (Wildman–Crippen MR) is 91.3 cm³/mol. The molecule has 1 aromatic carbocycles. The van der Waals surface area contributed by atoms with E-state index in [4.69, 9.17) is 0 Å². The molecule has 2 heterocycles. The van der Waals surface area contributed by atoms with Gasteiger partial charge in [0.2, 0.25) is 0 Å². The Balaban J connectivity index is 1.55. The summed E-state index contributed by atoms with van der Waals surface area (Å²) in [5, 5.41) is 3.57. The lowest BCUT2D eigenvalue weighted by Gasteiger charge is -2.22. The normalized spacial score (nSPS) is 22.5. The van der Waals surface area contributed by atoms with Crippen molar-refractivity contribution in [2.75, 3.05) is 42.5 Å². The van der Waals surface area contributed by atoms with Gasteiger partial charge in [0.15, 0.2) is 0 Å². The minimum atomic E-state index is 0.596. The highest BCUT2D eigenvalue weighted by Gasteiger charge is 2.22. The number of rotatable bonds is 5. The first-order valence-electron chi connectivity index (χ1n) is 8.56. The first-order valence-corrected chi connectivity index (χ1v) is 8.56. The summed E-state index contributed by atoms with van der Waals surface area (Å²) in [6.45, 7) is 10.5. The quantitative estimate of drug-likeness (QED) is 0.897. The van der Waals surface area contributed by atoms with Crippen LogP contribution in [0.25, 0.3) is 0 Å². The first-order chi connectivity index (χ1) is 10.2. The van der Waals surface area contributed by atoms with Gasteiger partial charge in [-0.3, -0.25) is 0 Å². The highest BCUT2D eigenvalue weighted by Crippen LogP contribution is 2.27. The Kier molecular flexibility index (Phi) is 4.69. The Morgan fingerprint density at radius 2 is 1.62 bits per heavy atom. The third-order valence-electron chi connectivity index (χ3n) is 4.79. The average molecular weight is 287 g/mol. The van der Waals surface area contributed by atoms with E-state index in [2.05, 4.69) is 53.2 Å². The second kappa shape index (κ2) is 6.69. The average Bonchev–Trinajstić information content (AvgIpc) is 3.17. The summed E-state index contributed by atoms with van der Waals surface area (Å²) in [7, 11) is 0. The van der Waals surface area contributed by atoms with Gasteiger partial charge in [-0.2, -0.15) is 0 Å². The third kappa shape index (κ3) is 3.70. The minimum Gasteiger partial charge on any atom is -0.372 e. The summed E-state index contributed by atoms with van der Waals surface area (Å²) in [6, 6.07) is 9.83. The van der Waals surface area contributed by atoms with Crippen molar-refractivity contribution >= 4 is 11.4 Å². The molecule has 0 bridgehead atoms. The molecule has 3 heteroatoms. The van der Waals surface area contributed by atoms with Crippen LogP contribution in [0.15, 0.2) is 24.3 Å². The molecular formula is C18H29N3. The van der Waals surface area contributed by atoms with Crippen LogP contribution in [0.2, 0.25) is 0 Å². The lowest BCUT2D eigenvalue weighted by Crippen LogP contribution is -2.30. The van der Waals surface area contributed by atoms with Gasteiger partial charge in [0.1, 0.15) is 0 Å². The van der Waals surface area contributed by atoms with Crippen molar-refractivity contribution in [3.63, 3.8) is 0 Å². The smallest absolute Gasteiger partial charge is 0.0367 e. The van der Waals surface area contributed by atoms with Crippen molar-refractivity contribution in [1.82, 2.24) is 5.32 Å². The van der Waals surface area contributed by atoms with Crippen LogP contribution in [0.1, 0.15) is 33.1 Å². The molecule has 2 fully saturated rings. The maximum Gasteiger partial charge on any atom is 0.0367 e. The van der Waals surface area contributed by atoms with E-state index in [1.54, 1.807) is 0 Å². The predicted octanol–water partition coefficient (Wildman–Crippen LogP) is 3.11. The van der Waals surface area contributed by atoms with Gasteiger partial charge in [0.25, 0.3) is 0 Å². The van der Waals surface area contributed by atoms with Crippen molar-refractivity contribution in [2.45, 2.75) is 39.2 Å². The summed E-state index contributed by atoms with van der Waals surface area (Å²) < 4.78 is 0. The monoisotopic (exact) mass is 287 g/mol. The molecule has 0 spiro atoms. The molecule has 0 saturated carbocycles. The first kappa shape index (κ1) is 14.7. The van der Waals surface area contributed by atoms with E-state index in [1.165, 1.54) is 56.8 Å². The molecule has 2 aliphatic heterocycles. The fourth-order valence-corrected chi connectivity index (χ4v) is 3.49. The van der Waals surface area contributed by atoms with Gasteiger partial charge in [-0.15, -0.1) is 0 Å². The van der Waals surface area contributed by atoms with Crippen LogP contribution in [0.5, 0.6) is 0 Å². The highest BCUT2D eigenvalue weighted by molar-refractivity contribution is 5.57. The summed E-state index contributed by atoms with van der Waals surface area (Å²) in [5.41, 5.74) is 2.79. The molecule has 2 saturated heterocycles. The lowest BCUT2D eigenvalue weighted by molar-refractivity contribution is 0.480. The van der Waals surface area contributed by atoms with Crippen LogP contribution < -0.4 is 15.1 Å². The van der Waals surface area contributed by atoms with Crippen LogP contribution in [0.4, 0.5) is 11.4 Å². The highest BCUT2D eigenvalue weighted by atomic mass is 15.2. The van der Waals surface area contributed by atoms with Gasteiger partial charge in [0.05, 0.1) is 0 Å². The molecule has 1 unspecified atom stereocenters. The molecule has 1 aromatic rings. The zero-order valence-electron chi connectivity index (χ0n) is 13.5. The Bertz CT molecular complexity index is 434. The Morgan fingerprint density at radius 3 is 2.24 bits per heavy atom. The van der Waals surface area contributed by atoms with Gasteiger partial charge in [0, 0.05) is 43.6 Å². The van der Waals surface area contributed by atoms with E-state index in [0.29, 0.717) is 6.04 Å². The fraction of sp³-hybridized carbons (Fsp3) is 0.667. The summed E-state index contributed by atoms with van der Waals surface area (Å²) in [6.07, 6.45) is 4.00. The summed E-state index contributed by atoms with van der Waals surface area (Å²) in [4.78, 5) is 5.05. The number of hydrogen-bond acceptors (Lipinski definition) is 3. The minimum absolute atomic E-state index is 0.596. The largest absolute Gasteiger partial charge is 0.372 e. The standard InChI is InChI=1S/C18H29N3/c1-15(2)19-13-16-9-12-21(14-16)18-7-5-17(6-8-18)20-10-3-4-11-20/h5-8,15-16,19H,3-4,9-14H2,1-2H3. The number of nitrogens with one attached hydrogen (secondary N) is 1. The molecule has 0 radical (unpaired) electrons. The van der Waals surface area contributed by atoms with E-state index in [0.717, 1.165) is 12.5 Å². The topological polar surface area (TPSA) is 18.5 Å². The Hall–Kier alpha value is -1.22. The van der Waals surface area contributed by atoms with Gasteiger partial charge >= 0.3 is 0 Å². The van der Waals surface area contributed by atoms with E-state index in [9.17, 15) is 0 Å². The van der Waals surface area contributed by atoms with Crippen molar-refractivity contribution in [3.05, 3.63) is 24.3 Å². The van der Waals surface area contributed by atoms with Crippen molar-refractivity contribution in [1.29, 1.82) is 0 Å². The van der Waals surface area contributed by atoms with Crippen LogP contribution >= 0.6 is 0 Å². The van der Waals surface area contributed by atoms with Gasteiger partial charge < -0.3 is 15.1 Å². The molecule has 1 atom stereocenters. The van der Waals surface area contributed by atoms with Crippen LogP contribution in [-0.2, 0) is 0 Å². The van der Waals surface area contributed by atoms with Crippen LogP contribution in [0, 0.1) is 5.92 Å². The number of nitrogens with zero attached hydrogens (tertiary/aromatic N) is 2. The molecule has 0 aliphatic carbocycles. The SMILES string of the molecule is CC(C)NCC1CCN(c2ccc(N3CCCC3)cc2)C1.